The molecule has 0 radical (unpaired) electrons. The molecule has 0 saturated heterocycles. The van der Waals surface area contributed by atoms with Gasteiger partial charge in [0, 0.05) is 4.88 Å². The molecule has 2 heterocycles. The van der Waals surface area contributed by atoms with Crippen molar-refractivity contribution in [1.82, 2.24) is 0 Å². The Kier molecular flexibility index (Phi) is 2.50. The Hall–Kier alpha value is -2.32. The number of nitrogens with one attached hydrogen (secondary N) is 2. The molecule has 1 aliphatic rings. The fourth-order valence-corrected chi connectivity index (χ4v) is 2.70. The molecular formula is C13H9N3OS. The zero-order valence-corrected chi connectivity index (χ0v) is 10.1. The number of hydrogen-bond donors (Lipinski definition) is 2. The molecule has 0 aliphatic carbocycles. The molecule has 4 nitrogen and oxygen atoms in total. The van der Waals surface area contributed by atoms with Crippen LogP contribution in [0.15, 0.2) is 35.7 Å². The molecule has 0 bridgehead atoms. The van der Waals surface area contributed by atoms with E-state index < -0.39 is 0 Å². The summed E-state index contributed by atoms with van der Waals surface area (Å²) in [6.07, 6.45) is 0. The average Bonchev–Trinajstić information content (AvgIpc) is 2.91. The quantitative estimate of drug-likeness (QED) is 0.823. The van der Waals surface area contributed by atoms with Crippen molar-refractivity contribution in [2.24, 2.45) is 0 Å². The summed E-state index contributed by atoms with van der Waals surface area (Å²) in [6, 6.07) is 10.7. The Bertz CT molecular complexity index is 643. The second kappa shape index (κ2) is 4.17. The third-order valence-corrected chi connectivity index (χ3v) is 3.73. The molecule has 1 unspecified atom stereocenters. The Morgan fingerprint density at radius 1 is 1.28 bits per heavy atom. The van der Waals surface area contributed by atoms with Crippen LogP contribution in [0.3, 0.4) is 0 Å². The van der Waals surface area contributed by atoms with E-state index in [0.717, 1.165) is 10.6 Å². The van der Waals surface area contributed by atoms with Crippen molar-refractivity contribution in [2.75, 3.05) is 10.6 Å². The highest BCUT2D eigenvalue weighted by Gasteiger charge is 2.27. The van der Waals surface area contributed by atoms with Gasteiger partial charge in [-0.2, -0.15) is 5.26 Å². The minimum Gasteiger partial charge on any atom is -0.368 e. The Morgan fingerprint density at radius 3 is 2.89 bits per heavy atom. The molecular weight excluding hydrogens is 246 g/mol. The maximum atomic E-state index is 12.0. The number of nitriles is 1. The molecule has 2 aromatic rings. The normalized spacial score (nSPS) is 17.3. The van der Waals surface area contributed by atoms with Gasteiger partial charge in [-0.15, -0.1) is 11.3 Å². The molecule has 5 heteroatoms. The summed E-state index contributed by atoms with van der Waals surface area (Å²) in [4.78, 5) is 12.9. The van der Waals surface area contributed by atoms with E-state index in [1.807, 2.05) is 17.5 Å². The first kappa shape index (κ1) is 10.8. The number of benzene rings is 1. The topological polar surface area (TPSA) is 64.9 Å². The van der Waals surface area contributed by atoms with Crippen molar-refractivity contribution in [1.29, 1.82) is 5.26 Å². The molecule has 3 rings (SSSR count). The van der Waals surface area contributed by atoms with Crippen LogP contribution in [0.25, 0.3) is 0 Å². The molecule has 2 N–H and O–H groups in total. The van der Waals surface area contributed by atoms with Crippen LogP contribution in [0, 0.1) is 11.3 Å². The summed E-state index contributed by atoms with van der Waals surface area (Å²) < 4.78 is 0. The molecule has 1 aromatic carbocycles. The van der Waals surface area contributed by atoms with E-state index in [2.05, 4.69) is 16.7 Å². The van der Waals surface area contributed by atoms with E-state index in [0.29, 0.717) is 11.3 Å². The zero-order chi connectivity index (χ0) is 12.5. The van der Waals surface area contributed by atoms with Gasteiger partial charge < -0.3 is 10.6 Å². The summed E-state index contributed by atoms with van der Waals surface area (Å²) in [5, 5.41) is 16.8. The number of carbonyl (C=O) groups excluding carboxylic acids is 1. The summed E-state index contributed by atoms with van der Waals surface area (Å²) in [7, 11) is 0. The van der Waals surface area contributed by atoms with E-state index in [1.165, 1.54) is 11.3 Å². The predicted molar refractivity (Wildman–Crippen MR) is 70.5 cm³/mol. The minimum absolute atomic E-state index is 0.0744. The van der Waals surface area contributed by atoms with Gasteiger partial charge >= 0.3 is 0 Å². The molecule has 0 fully saturated rings. The zero-order valence-electron chi connectivity index (χ0n) is 9.31. The van der Waals surface area contributed by atoms with Gasteiger partial charge in [-0.3, -0.25) is 4.79 Å². The van der Waals surface area contributed by atoms with Crippen LogP contribution in [0.4, 0.5) is 11.4 Å². The van der Waals surface area contributed by atoms with E-state index in [-0.39, 0.29) is 11.9 Å². The number of amides is 1. The number of nitrogens with zero attached hydrogens (tertiary/aromatic N) is 1. The lowest BCUT2D eigenvalue weighted by Gasteiger charge is -2.26. The molecule has 1 amide bonds. The molecule has 88 valence electrons. The first-order chi connectivity index (χ1) is 8.78. The van der Waals surface area contributed by atoms with Crippen molar-refractivity contribution >= 4 is 28.6 Å². The molecule has 18 heavy (non-hydrogen) atoms. The summed E-state index contributed by atoms with van der Waals surface area (Å²) in [5.74, 6) is -0.0744. The Balaban J connectivity index is 2.00. The van der Waals surface area contributed by atoms with E-state index in [1.54, 1.807) is 18.2 Å². The molecule has 0 spiro atoms. The van der Waals surface area contributed by atoms with Gasteiger partial charge in [0.05, 0.1) is 23.0 Å². The van der Waals surface area contributed by atoms with Crippen LogP contribution in [0.5, 0.6) is 0 Å². The summed E-state index contributed by atoms with van der Waals surface area (Å²) in [5.41, 5.74) is 2.07. The van der Waals surface area contributed by atoms with Crippen molar-refractivity contribution < 1.29 is 4.79 Å². The lowest BCUT2D eigenvalue weighted by Crippen LogP contribution is -2.31. The maximum Gasteiger partial charge on any atom is 0.252 e. The lowest BCUT2D eigenvalue weighted by molar-refractivity contribution is -0.117. The number of thiophene rings is 1. The van der Waals surface area contributed by atoms with Crippen molar-refractivity contribution in [3.8, 4) is 6.07 Å². The SMILES string of the molecule is N#Cc1ccc2c(c1)NC(c1cccs1)C(=O)N2. The highest BCUT2D eigenvalue weighted by atomic mass is 32.1. The number of carbonyl (C=O) groups is 1. The molecule has 1 aliphatic heterocycles. The van der Waals surface area contributed by atoms with Crippen LogP contribution in [-0.2, 0) is 4.79 Å². The predicted octanol–water partition coefficient (Wildman–Crippen LogP) is 2.73. The standard InChI is InChI=1S/C13H9N3OS/c14-7-8-3-4-9-10(6-8)15-12(13(17)16-9)11-2-1-5-18-11/h1-6,12,15H,(H,16,17). The minimum atomic E-state index is -0.383. The van der Waals surface area contributed by atoms with Crippen LogP contribution < -0.4 is 10.6 Å². The number of fused-ring (bicyclic) bond motifs is 1. The van der Waals surface area contributed by atoms with Crippen molar-refractivity contribution in [2.45, 2.75) is 6.04 Å². The number of anilines is 2. The Morgan fingerprint density at radius 2 is 2.17 bits per heavy atom. The highest BCUT2D eigenvalue weighted by molar-refractivity contribution is 7.10. The van der Waals surface area contributed by atoms with Gasteiger partial charge in [0.15, 0.2) is 0 Å². The van der Waals surface area contributed by atoms with Gasteiger partial charge in [0.1, 0.15) is 6.04 Å². The van der Waals surface area contributed by atoms with Crippen molar-refractivity contribution in [3.63, 3.8) is 0 Å². The average molecular weight is 255 g/mol. The van der Waals surface area contributed by atoms with Gasteiger partial charge in [-0.05, 0) is 29.6 Å². The highest BCUT2D eigenvalue weighted by Crippen LogP contribution is 2.34. The second-order valence-electron chi connectivity index (χ2n) is 3.95. The van der Waals surface area contributed by atoms with E-state index in [9.17, 15) is 4.79 Å². The molecule has 1 aromatic heterocycles. The van der Waals surface area contributed by atoms with Crippen molar-refractivity contribution in [3.05, 3.63) is 46.2 Å². The molecule has 1 atom stereocenters. The Labute approximate surface area is 108 Å². The van der Waals surface area contributed by atoms with Crippen LogP contribution in [0.1, 0.15) is 16.5 Å². The lowest BCUT2D eigenvalue weighted by atomic mass is 10.1. The smallest absolute Gasteiger partial charge is 0.252 e. The fourth-order valence-electron chi connectivity index (χ4n) is 1.92. The number of rotatable bonds is 1. The third kappa shape index (κ3) is 1.73. The van der Waals surface area contributed by atoms with Gasteiger partial charge in [-0.1, -0.05) is 6.07 Å². The van der Waals surface area contributed by atoms with Gasteiger partial charge in [0.2, 0.25) is 0 Å². The third-order valence-electron chi connectivity index (χ3n) is 2.80. The second-order valence-corrected chi connectivity index (χ2v) is 4.93. The van der Waals surface area contributed by atoms with Crippen LogP contribution >= 0.6 is 11.3 Å². The van der Waals surface area contributed by atoms with E-state index >= 15 is 0 Å². The van der Waals surface area contributed by atoms with Crippen LogP contribution in [0.2, 0.25) is 0 Å². The fraction of sp³-hybridized carbons (Fsp3) is 0.0769. The molecule has 0 saturated carbocycles. The first-order valence-corrected chi connectivity index (χ1v) is 6.31. The monoisotopic (exact) mass is 255 g/mol. The van der Waals surface area contributed by atoms with Gasteiger partial charge in [0.25, 0.3) is 5.91 Å². The van der Waals surface area contributed by atoms with Gasteiger partial charge in [-0.25, -0.2) is 0 Å². The maximum absolute atomic E-state index is 12.0. The van der Waals surface area contributed by atoms with E-state index in [4.69, 9.17) is 5.26 Å². The summed E-state index contributed by atoms with van der Waals surface area (Å²) >= 11 is 1.53. The number of hydrogen-bond acceptors (Lipinski definition) is 4. The van der Waals surface area contributed by atoms with Crippen LogP contribution in [-0.4, -0.2) is 5.91 Å². The summed E-state index contributed by atoms with van der Waals surface area (Å²) in [6.45, 7) is 0. The largest absolute Gasteiger partial charge is 0.368 e. The first-order valence-electron chi connectivity index (χ1n) is 5.43.